The van der Waals surface area contributed by atoms with Gasteiger partial charge < -0.3 is 15.4 Å². The van der Waals surface area contributed by atoms with Crippen LogP contribution in [0.4, 0.5) is 11.5 Å². The zero-order valence-electron chi connectivity index (χ0n) is 18.2. The summed E-state index contributed by atoms with van der Waals surface area (Å²) in [5, 5.41) is 0. The molecule has 8 heteroatoms. The van der Waals surface area contributed by atoms with Gasteiger partial charge in [0.25, 0.3) is 11.5 Å². The van der Waals surface area contributed by atoms with Crippen LogP contribution in [0.2, 0.25) is 0 Å². The van der Waals surface area contributed by atoms with Crippen molar-refractivity contribution in [2.24, 2.45) is 0 Å². The Balaban J connectivity index is 1.70. The molecule has 1 fully saturated rings. The lowest BCUT2D eigenvalue weighted by molar-refractivity contribution is -0.127. The molecule has 170 valence electrons. The molecular formula is C24H30N4O4. The van der Waals surface area contributed by atoms with Crippen LogP contribution in [0.3, 0.4) is 0 Å². The Kier molecular flexibility index (Phi) is 6.90. The highest BCUT2D eigenvalue weighted by Crippen LogP contribution is 2.25. The van der Waals surface area contributed by atoms with Crippen LogP contribution in [0.1, 0.15) is 50.5 Å². The molecule has 0 saturated carbocycles. The molecule has 1 aromatic heterocycles. The van der Waals surface area contributed by atoms with Crippen LogP contribution in [0.5, 0.6) is 0 Å². The smallest absolute Gasteiger partial charge is 0.330 e. The van der Waals surface area contributed by atoms with E-state index in [0.29, 0.717) is 26.0 Å². The standard InChI is InChI=1S/C24H30N4O4/c25-21-20(22(29)26-24(31)28(21)16-18-10-5-2-6-11-18)27(23(30)19-12-7-15-32-19)14-13-17-8-3-1-4-9-17/h2,5-6,8,10-11,19H,1,3-4,7,9,12-16,25H2,(H,26,29,31)/t19-/m0/s1. The summed E-state index contributed by atoms with van der Waals surface area (Å²) in [5.41, 5.74) is 7.30. The Morgan fingerprint density at radius 2 is 2.00 bits per heavy atom. The van der Waals surface area contributed by atoms with Crippen molar-refractivity contribution in [2.45, 2.75) is 57.6 Å². The zero-order valence-corrected chi connectivity index (χ0v) is 18.2. The van der Waals surface area contributed by atoms with Crippen LogP contribution >= 0.6 is 0 Å². The molecule has 1 aliphatic carbocycles. The monoisotopic (exact) mass is 438 g/mol. The molecule has 1 atom stereocenters. The molecule has 2 aliphatic rings. The maximum atomic E-state index is 13.4. The van der Waals surface area contributed by atoms with E-state index in [0.717, 1.165) is 31.2 Å². The Morgan fingerprint density at radius 1 is 1.19 bits per heavy atom. The molecule has 1 aliphatic heterocycles. The lowest BCUT2D eigenvalue weighted by atomic mass is 9.97. The molecule has 0 radical (unpaired) electrons. The zero-order chi connectivity index (χ0) is 22.5. The van der Waals surface area contributed by atoms with Crippen molar-refractivity contribution in [3.8, 4) is 0 Å². The van der Waals surface area contributed by atoms with E-state index >= 15 is 0 Å². The molecule has 32 heavy (non-hydrogen) atoms. The number of anilines is 2. The first-order chi connectivity index (χ1) is 15.5. The summed E-state index contributed by atoms with van der Waals surface area (Å²) in [7, 11) is 0. The van der Waals surface area contributed by atoms with Gasteiger partial charge in [-0.05, 0) is 50.5 Å². The number of nitrogens with one attached hydrogen (secondary N) is 1. The number of carbonyl (C=O) groups is 1. The number of hydrogen-bond acceptors (Lipinski definition) is 5. The van der Waals surface area contributed by atoms with Gasteiger partial charge in [-0.25, -0.2) is 4.79 Å². The third-order valence-corrected chi connectivity index (χ3v) is 6.18. The number of aromatic nitrogens is 2. The number of nitrogens with zero attached hydrogens (tertiary/aromatic N) is 2. The van der Waals surface area contributed by atoms with Gasteiger partial charge >= 0.3 is 5.69 Å². The minimum Gasteiger partial charge on any atom is -0.383 e. The van der Waals surface area contributed by atoms with Crippen molar-refractivity contribution in [2.75, 3.05) is 23.8 Å². The van der Waals surface area contributed by atoms with Crippen LogP contribution in [0, 0.1) is 0 Å². The molecule has 1 aromatic carbocycles. The largest absolute Gasteiger partial charge is 0.383 e. The molecule has 1 amide bonds. The Labute approximate surface area is 186 Å². The van der Waals surface area contributed by atoms with Crippen LogP contribution in [-0.2, 0) is 16.1 Å². The number of benzene rings is 1. The van der Waals surface area contributed by atoms with Crippen LogP contribution in [0.15, 0.2) is 51.6 Å². The summed E-state index contributed by atoms with van der Waals surface area (Å²) in [6, 6.07) is 9.38. The second-order valence-corrected chi connectivity index (χ2v) is 8.41. The average Bonchev–Trinajstić information content (AvgIpc) is 3.35. The van der Waals surface area contributed by atoms with Crippen LogP contribution in [0.25, 0.3) is 0 Å². The number of amides is 1. The normalized spacial score (nSPS) is 18.4. The van der Waals surface area contributed by atoms with Gasteiger partial charge in [0, 0.05) is 13.2 Å². The van der Waals surface area contributed by atoms with E-state index in [-0.39, 0.29) is 24.0 Å². The number of H-pyrrole nitrogens is 1. The van der Waals surface area contributed by atoms with Gasteiger partial charge in [-0.15, -0.1) is 0 Å². The SMILES string of the molecule is Nc1c(N(CCC2=CCCCC2)C(=O)[C@@H]2CCCO2)c(=O)[nH]c(=O)n1Cc1ccccc1. The highest BCUT2D eigenvalue weighted by molar-refractivity contribution is 5.98. The molecule has 8 nitrogen and oxygen atoms in total. The number of hydrogen-bond donors (Lipinski definition) is 2. The number of ether oxygens (including phenoxy) is 1. The van der Waals surface area contributed by atoms with E-state index in [9.17, 15) is 14.4 Å². The quantitative estimate of drug-likeness (QED) is 0.646. The molecular weight excluding hydrogens is 408 g/mol. The van der Waals surface area contributed by atoms with E-state index < -0.39 is 17.4 Å². The Hall–Kier alpha value is -3.13. The Morgan fingerprint density at radius 3 is 2.69 bits per heavy atom. The molecule has 0 bridgehead atoms. The summed E-state index contributed by atoms with van der Waals surface area (Å²) in [6.45, 7) is 1.04. The minimum atomic E-state index is -0.652. The van der Waals surface area contributed by atoms with E-state index in [2.05, 4.69) is 11.1 Å². The van der Waals surface area contributed by atoms with Gasteiger partial charge in [-0.1, -0.05) is 42.0 Å². The first-order valence-corrected chi connectivity index (χ1v) is 11.3. The third-order valence-electron chi connectivity index (χ3n) is 6.18. The summed E-state index contributed by atoms with van der Waals surface area (Å²) >= 11 is 0. The van der Waals surface area contributed by atoms with Crippen LogP contribution in [-0.4, -0.2) is 34.7 Å². The number of nitrogen functional groups attached to an aromatic ring is 1. The van der Waals surface area contributed by atoms with E-state index in [1.54, 1.807) is 0 Å². The lowest BCUT2D eigenvalue weighted by Gasteiger charge is -2.27. The fourth-order valence-electron chi connectivity index (χ4n) is 4.43. The summed E-state index contributed by atoms with van der Waals surface area (Å²) in [6.07, 6.45) is 8.06. The van der Waals surface area contributed by atoms with Crippen molar-refractivity contribution in [1.29, 1.82) is 0 Å². The third kappa shape index (κ3) is 4.85. The second-order valence-electron chi connectivity index (χ2n) is 8.41. The minimum absolute atomic E-state index is 0.00780. The van der Waals surface area contributed by atoms with Gasteiger partial charge in [0.15, 0.2) is 5.69 Å². The van der Waals surface area contributed by atoms with Gasteiger partial charge in [-0.2, -0.15) is 0 Å². The van der Waals surface area contributed by atoms with Crippen molar-refractivity contribution >= 4 is 17.4 Å². The average molecular weight is 439 g/mol. The molecule has 1 saturated heterocycles. The van der Waals surface area contributed by atoms with Crippen molar-refractivity contribution in [1.82, 2.24) is 9.55 Å². The molecule has 2 heterocycles. The fourth-order valence-corrected chi connectivity index (χ4v) is 4.43. The number of rotatable bonds is 7. The number of allylic oxidation sites excluding steroid dienone is 1. The van der Waals surface area contributed by atoms with E-state index in [1.807, 2.05) is 30.3 Å². The van der Waals surface area contributed by atoms with E-state index in [1.165, 1.54) is 21.5 Å². The highest BCUT2D eigenvalue weighted by Gasteiger charge is 2.32. The molecule has 0 spiro atoms. The van der Waals surface area contributed by atoms with Gasteiger partial charge in [0.05, 0.1) is 6.54 Å². The number of aromatic amines is 1. The highest BCUT2D eigenvalue weighted by atomic mass is 16.5. The maximum absolute atomic E-state index is 13.4. The van der Waals surface area contributed by atoms with Crippen molar-refractivity contribution in [3.63, 3.8) is 0 Å². The first-order valence-electron chi connectivity index (χ1n) is 11.3. The summed E-state index contributed by atoms with van der Waals surface area (Å²) in [4.78, 5) is 42.6. The fraction of sp³-hybridized carbons (Fsp3) is 0.458. The second kappa shape index (κ2) is 9.99. The lowest BCUT2D eigenvalue weighted by Crippen LogP contribution is -2.45. The number of carbonyl (C=O) groups excluding carboxylic acids is 1. The Bertz CT molecular complexity index is 1100. The molecule has 3 N–H and O–H groups in total. The summed E-state index contributed by atoms with van der Waals surface area (Å²) in [5.74, 6) is -0.285. The van der Waals surface area contributed by atoms with Gasteiger partial charge in [0.2, 0.25) is 0 Å². The summed E-state index contributed by atoms with van der Waals surface area (Å²) < 4.78 is 6.92. The molecule has 4 rings (SSSR count). The van der Waals surface area contributed by atoms with Crippen molar-refractivity contribution in [3.05, 3.63) is 68.4 Å². The van der Waals surface area contributed by atoms with Gasteiger partial charge in [0.1, 0.15) is 11.9 Å². The molecule has 0 unspecified atom stereocenters. The van der Waals surface area contributed by atoms with E-state index in [4.69, 9.17) is 10.5 Å². The first kappa shape index (κ1) is 22.1. The van der Waals surface area contributed by atoms with Crippen LogP contribution < -0.4 is 21.9 Å². The predicted molar refractivity (Wildman–Crippen MR) is 124 cm³/mol. The van der Waals surface area contributed by atoms with Gasteiger partial charge in [-0.3, -0.25) is 19.1 Å². The molecule has 2 aromatic rings. The predicted octanol–water partition coefficient (Wildman–Crippen LogP) is 2.57. The topological polar surface area (TPSA) is 110 Å². The maximum Gasteiger partial charge on any atom is 0.330 e. The number of nitrogens with two attached hydrogens (primary N) is 1. The van der Waals surface area contributed by atoms with Crippen molar-refractivity contribution < 1.29 is 9.53 Å².